The van der Waals surface area contributed by atoms with Crippen LogP contribution in [0.4, 0.5) is 0 Å². The zero-order valence-corrected chi connectivity index (χ0v) is 11.2. The van der Waals surface area contributed by atoms with E-state index in [-0.39, 0.29) is 24.5 Å². The monoisotopic (exact) mass is 263 g/mol. The van der Waals surface area contributed by atoms with Crippen molar-refractivity contribution in [2.24, 2.45) is 5.92 Å². The summed E-state index contributed by atoms with van der Waals surface area (Å²) in [4.78, 5) is 11.9. The first-order chi connectivity index (χ1) is 9.16. The standard InChI is InChI=1S/C15H21NO3/c1-11-14(7-8-19-11)15(18)16-10-13(17)9-12-5-3-2-4-6-12/h2-6,11,13-14,17H,7-10H2,1H3,(H,16,18). The highest BCUT2D eigenvalue weighted by Gasteiger charge is 2.30. The van der Waals surface area contributed by atoms with Crippen LogP contribution in [0.5, 0.6) is 0 Å². The topological polar surface area (TPSA) is 58.6 Å². The largest absolute Gasteiger partial charge is 0.391 e. The Kier molecular flexibility index (Phi) is 4.93. The van der Waals surface area contributed by atoms with Gasteiger partial charge in [0.2, 0.25) is 5.91 Å². The summed E-state index contributed by atoms with van der Waals surface area (Å²) >= 11 is 0. The third-order valence-electron chi connectivity index (χ3n) is 3.54. The Hall–Kier alpha value is -1.39. The van der Waals surface area contributed by atoms with Crippen LogP contribution in [0, 0.1) is 5.92 Å². The SMILES string of the molecule is CC1OCCC1C(=O)NCC(O)Cc1ccccc1. The van der Waals surface area contributed by atoms with Crippen LogP contribution in [0.2, 0.25) is 0 Å². The number of hydrogen-bond acceptors (Lipinski definition) is 3. The lowest BCUT2D eigenvalue weighted by atomic mass is 10.0. The molecule has 4 heteroatoms. The van der Waals surface area contributed by atoms with Crippen LogP contribution in [-0.2, 0) is 16.0 Å². The first kappa shape index (κ1) is 14.0. The predicted octanol–water partition coefficient (Wildman–Crippen LogP) is 1.13. The minimum absolute atomic E-state index is 0.0166. The van der Waals surface area contributed by atoms with Gasteiger partial charge in [-0.2, -0.15) is 0 Å². The van der Waals surface area contributed by atoms with Gasteiger partial charge in [0.1, 0.15) is 0 Å². The molecule has 0 radical (unpaired) electrons. The molecule has 2 N–H and O–H groups in total. The van der Waals surface area contributed by atoms with Gasteiger partial charge in [-0.05, 0) is 18.9 Å². The number of hydrogen-bond donors (Lipinski definition) is 2. The van der Waals surface area contributed by atoms with Gasteiger partial charge in [0, 0.05) is 19.6 Å². The number of carbonyl (C=O) groups excluding carboxylic acids is 1. The highest BCUT2D eigenvalue weighted by atomic mass is 16.5. The number of carbonyl (C=O) groups is 1. The van der Waals surface area contributed by atoms with Crippen LogP contribution in [0.25, 0.3) is 0 Å². The summed E-state index contributed by atoms with van der Waals surface area (Å²) in [6.45, 7) is 2.85. The average molecular weight is 263 g/mol. The number of benzene rings is 1. The Morgan fingerprint density at radius 2 is 2.21 bits per heavy atom. The number of aliphatic hydroxyl groups is 1. The maximum Gasteiger partial charge on any atom is 0.225 e. The summed E-state index contributed by atoms with van der Waals surface area (Å²) in [5.74, 6) is -0.0963. The normalized spacial score (nSPS) is 24.1. The summed E-state index contributed by atoms with van der Waals surface area (Å²) in [6, 6.07) is 9.77. The van der Waals surface area contributed by atoms with E-state index in [2.05, 4.69) is 5.32 Å². The number of ether oxygens (including phenoxy) is 1. The molecule has 3 unspecified atom stereocenters. The Morgan fingerprint density at radius 1 is 1.47 bits per heavy atom. The van der Waals surface area contributed by atoms with Crippen LogP contribution in [0.1, 0.15) is 18.9 Å². The maximum absolute atomic E-state index is 11.9. The molecule has 1 aliphatic heterocycles. The lowest BCUT2D eigenvalue weighted by molar-refractivity contribution is -0.126. The number of amides is 1. The van der Waals surface area contributed by atoms with E-state index in [0.717, 1.165) is 12.0 Å². The molecule has 1 heterocycles. The summed E-state index contributed by atoms with van der Waals surface area (Å²) in [5.41, 5.74) is 1.07. The van der Waals surface area contributed by atoms with Crippen LogP contribution in [0.15, 0.2) is 30.3 Å². The van der Waals surface area contributed by atoms with E-state index in [9.17, 15) is 9.90 Å². The number of nitrogens with one attached hydrogen (secondary N) is 1. The lowest BCUT2D eigenvalue weighted by Gasteiger charge is -2.16. The van der Waals surface area contributed by atoms with E-state index in [1.54, 1.807) is 0 Å². The summed E-state index contributed by atoms with van der Waals surface area (Å²) in [6.07, 6.45) is 0.745. The third kappa shape index (κ3) is 4.04. The Morgan fingerprint density at radius 3 is 2.84 bits per heavy atom. The molecule has 19 heavy (non-hydrogen) atoms. The fourth-order valence-corrected chi connectivity index (χ4v) is 2.38. The van der Waals surface area contributed by atoms with Gasteiger partial charge in [0.05, 0.1) is 18.1 Å². The van der Waals surface area contributed by atoms with Gasteiger partial charge in [-0.3, -0.25) is 4.79 Å². The van der Waals surface area contributed by atoms with Gasteiger partial charge in [-0.15, -0.1) is 0 Å². The second-order valence-corrected chi connectivity index (χ2v) is 5.06. The van der Waals surface area contributed by atoms with Crippen LogP contribution in [-0.4, -0.2) is 36.4 Å². The van der Waals surface area contributed by atoms with E-state index in [1.165, 1.54) is 0 Å². The highest BCUT2D eigenvalue weighted by Crippen LogP contribution is 2.20. The first-order valence-electron chi connectivity index (χ1n) is 6.78. The Balaban J connectivity index is 1.74. The first-order valence-corrected chi connectivity index (χ1v) is 6.78. The quantitative estimate of drug-likeness (QED) is 0.837. The zero-order valence-electron chi connectivity index (χ0n) is 11.2. The molecule has 2 rings (SSSR count). The Labute approximate surface area is 113 Å². The summed E-state index contributed by atoms with van der Waals surface area (Å²) in [5, 5.41) is 12.7. The minimum atomic E-state index is -0.552. The van der Waals surface area contributed by atoms with E-state index >= 15 is 0 Å². The number of aliphatic hydroxyl groups excluding tert-OH is 1. The van der Waals surface area contributed by atoms with Crippen molar-refractivity contribution in [2.45, 2.75) is 32.0 Å². The zero-order chi connectivity index (χ0) is 13.7. The van der Waals surface area contributed by atoms with Crippen molar-refractivity contribution in [1.82, 2.24) is 5.32 Å². The molecule has 0 saturated carbocycles. The van der Waals surface area contributed by atoms with Gasteiger partial charge in [0.15, 0.2) is 0 Å². The molecule has 0 aromatic heterocycles. The molecule has 1 aliphatic rings. The molecule has 0 bridgehead atoms. The molecular weight excluding hydrogens is 242 g/mol. The maximum atomic E-state index is 11.9. The molecule has 3 atom stereocenters. The predicted molar refractivity (Wildman–Crippen MR) is 72.7 cm³/mol. The molecule has 0 aliphatic carbocycles. The van der Waals surface area contributed by atoms with Crippen molar-refractivity contribution in [3.63, 3.8) is 0 Å². The van der Waals surface area contributed by atoms with E-state index in [1.807, 2.05) is 37.3 Å². The Bertz CT molecular complexity index is 407. The molecule has 104 valence electrons. The fraction of sp³-hybridized carbons (Fsp3) is 0.533. The summed E-state index contributed by atoms with van der Waals surface area (Å²) in [7, 11) is 0. The van der Waals surface area contributed by atoms with Crippen LogP contribution < -0.4 is 5.32 Å². The van der Waals surface area contributed by atoms with Crippen molar-refractivity contribution in [3.8, 4) is 0 Å². The van der Waals surface area contributed by atoms with E-state index < -0.39 is 6.10 Å². The van der Waals surface area contributed by atoms with Crippen molar-refractivity contribution in [1.29, 1.82) is 0 Å². The van der Waals surface area contributed by atoms with E-state index in [0.29, 0.717) is 13.0 Å². The van der Waals surface area contributed by atoms with E-state index in [4.69, 9.17) is 4.74 Å². The van der Waals surface area contributed by atoms with Crippen LogP contribution in [0.3, 0.4) is 0 Å². The van der Waals surface area contributed by atoms with Gasteiger partial charge in [0.25, 0.3) is 0 Å². The molecule has 0 spiro atoms. The molecule has 1 aromatic rings. The van der Waals surface area contributed by atoms with Gasteiger partial charge < -0.3 is 15.2 Å². The smallest absolute Gasteiger partial charge is 0.225 e. The fourth-order valence-electron chi connectivity index (χ4n) is 2.38. The number of rotatable bonds is 5. The molecule has 4 nitrogen and oxygen atoms in total. The molecule has 1 amide bonds. The molecular formula is C15H21NO3. The second kappa shape index (κ2) is 6.68. The van der Waals surface area contributed by atoms with Crippen molar-refractivity contribution >= 4 is 5.91 Å². The minimum Gasteiger partial charge on any atom is -0.391 e. The van der Waals surface area contributed by atoms with Gasteiger partial charge in [-0.25, -0.2) is 0 Å². The lowest BCUT2D eigenvalue weighted by Crippen LogP contribution is -2.39. The average Bonchev–Trinajstić information content (AvgIpc) is 2.83. The molecule has 1 aromatic carbocycles. The van der Waals surface area contributed by atoms with Gasteiger partial charge >= 0.3 is 0 Å². The molecule has 1 saturated heterocycles. The van der Waals surface area contributed by atoms with Crippen molar-refractivity contribution in [3.05, 3.63) is 35.9 Å². The summed E-state index contributed by atoms with van der Waals surface area (Å²) < 4.78 is 5.37. The van der Waals surface area contributed by atoms with Gasteiger partial charge in [-0.1, -0.05) is 30.3 Å². The third-order valence-corrected chi connectivity index (χ3v) is 3.54. The van der Waals surface area contributed by atoms with Crippen molar-refractivity contribution in [2.75, 3.05) is 13.2 Å². The highest BCUT2D eigenvalue weighted by molar-refractivity contribution is 5.79. The molecule has 1 fully saturated rings. The van der Waals surface area contributed by atoms with Crippen LogP contribution >= 0.6 is 0 Å². The van der Waals surface area contributed by atoms with Crippen molar-refractivity contribution < 1.29 is 14.6 Å². The second-order valence-electron chi connectivity index (χ2n) is 5.06.